The zero-order chi connectivity index (χ0) is 6.69. The molecule has 0 aliphatic carbocycles. The molecule has 0 unspecified atom stereocenters. The van der Waals surface area contributed by atoms with Gasteiger partial charge in [0.25, 0.3) is 0 Å². The van der Waals surface area contributed by atoms with Crippen LogP contribution < -0.4 is 5.32 Å². The molecule has 1 saturated heterocycles. The monoisotopic (exact) mass is 128 g/mol. The molecule has 0 aromatic carbocycles. The van der Waals surface area contributed by atoms with E-state index >= 15 is 0 Å². The van der Waals surface area contributed by atoms with Crippen LogP contribution in [0.3, 0.4) is 0 Å². The summed E-state index contributed by atoms with van der Waals surface area (Å²) >= 11 is 0. The fraction of sp³-hybridized carbons (Fsp3) is 1.00. The van der Waals surface area contributed by atoms with Crippen molar-refractivity contribution in [2.45, 2.75) is 19.4 Å². The van der Waals surface area contributed by atoms with Crippen LogP contribution in [0, 0.1) is 0 Å². The molecule has 2 heteroatoms. The average molecular weight is 128 g/mol. The molecule has 54 valence electrons. The smallest absolute Gasteiger partial charge is 0.0189 e. The SMILES string of the molecule is C[C@@H]1CNCCCN1C. The van der Waals surface area contributed by atoms with E-state index in [1.165, 1.54) is 19.5 Å². The van der Waals surface area contributed by atoms with E-state index < -0.39 is 0 Å². The van der Waals surface area contributed by atoms with Crippen LogP contribution in [0.5, 0.6) is 0 Å². The van der Waals surface area contributed by atoms with Crippen LogP contribution in [-0.2, 0) is 0 Å². The van der Waals surface area contributed by atoms with Crippen molar-refractivity contribution in [1.82, 2.24) is 10.2 Å². The standard InChI is InChI=1S/C7H16N2/c1-7-6-8-4-3-5-9(7)2/h7-8H,3-6H2,1-2H3/t7-/m1/s1. The second kappa shape index (κ2) is 3.18. The third kappa shape index (κ3) is 1.95. The quantitative estimate of drug-likeness (QED) is 0.505. The molecule has 1 aliphatic heterocycles. The maximum atomic E-state index is 3.39. The van der Waals surface area contributed by atoms with Gasteiger partial charge in [0.1, 0.15) is 0 Å². The van der Waals surface area contributed by atoms with E-state index in [0.29, 0.717) is 6.04 Å². The second-order valence-corrected chi connectivity index (χ2v) is 2.89. The fourth-order valence-electron chi connectivity index (χ4n) is 1.14. The normalized spacial score (nSPS) is 32.0. The lowest BCUT2D eigenvalue weighted by Crippen LogP contribution is -2.33. The lowest BCUT2D eigenvalue weighted by atomic mass is 10.3. The van der Waals surface area contributed by atoms with Gasteiger partial charge in [0.15, 0.2) is 0 Å². The largest absolute Gasteiger partial charge is 0.315 e. The van der Waals surface area contributed by atoms with Gasteiger partial charge in [-0.25, -0.2) is 0 Å². The highest BCUT2D eigenvalue weighted by molar-refractivity contribution is 4.70. The van der Waals surface area contributed by atoms with Crippen molar-refractivity contribution in [2.75, 3.05) is 26.7 Å². The molecule has 1 aliphatic rings. The Morgan fingerprint density at radius 2 is 2.33 bits per heavy atom. The lowest BCUT2D eigenvalue weighted by Gasteiger charge is -2.20. The Morgan fingerprint density at radius 1 is 1.56 bits per heavy atom. The molecule has 0 aromatic rings. The Hall–Kier alpha value is -0.0800. The van der Waals surface area contributed by atoms with Gasteiger partial charge in [-0.2, -0.15) is 0 Å². The Kier molecular flexibility index (Phi) is 2.49. The number of nitrogens with one attached hydrogen (secondary N) is 1. The highest BCUT2D eigenvalue weighted by atomic mass is 15.2. The van der Waals surface area contributed by atoms with Crippen molar-refractivity contribution in [1.29, 1.82) is 0 Å². The van der Waals surface area contributed by atoms with Gasteiger partial charge in [0.05, 0.1) is 0 Å². The number of rotatable bonds is 0. The van der Waals surface area contributed by atoms with E-state index in [2.05, 4.69) is 24.2 Å². The van der Waals surface area contributed by atoms with E-state index in [1.54, 1.807) is 0 Å². The average Bonchev–Trinajstić information content (AvgIpc) is 1.99. The highest BCUT2D eigenvalue weighted by Gasteiger charge is 2.10. The van der Waals surface area contributed by atoms with E-state index in [-0.39, 0.29) is 0 Å². The maximum absolute atomic E-state index is 3.39. The van der Waals surface area contributed by atoms with Crippen LogP contribution in [-0.4, -0.2) is 37.6 Å². The van der Waals surface area contributed by atoms with Gasteiger partial charge < -0.3 is 10.2 Å². The molecule has 1 N–H and O–H groups in total. The topological polar surface area (TPSA) is 15.3 Å². The Bertz CT molecular complexity index is 73.0. The summed E-state index contributed by atoms with van der Waals surface area (Å²) in [6.45, 7) is 5.84. The second-order valence-electron chi connectivity index (χ2n) is 2.89. The van der Waals surface area contributed by atoms with E-state index in [4.69, 9.17) is 0 Å². The first kappa shape index (κ1) is 7.03. The van der Waals surface area contributed by atoms with Crippen LogP contribution in [0.4, 0.5) is 0 Å². The molecule has 2 nitrogen and oxygen atoms in total. The maximum Gasteiger partial charge on any atom is 0.0189 e. The molecule has 1 fully saturated rings. The number of hydrogen-bond donors (Lipinski definition) is 1. The zero-order valence-corrected chi connectivity index (χ0v) is 6.35. The summed E-state index contributed by atoms with van der Waals surface area (Å²) in [4.78, 5) is 2.40. The van der Waals surface area contributed by atoms with Crippen molar-refractivity contribution in [2.24, 2.45) is 0 Å². The minimum absolute atomic E-state index is 0.715. The van der Waals surface area contributed by atoms with E-state index in [0.717, 1.165) is 6.54 Å². The van der Waals surface area contributed by atoms with Gasteiger partial charge in [0, 0.05) is 12.6 Å². The van der Waals surface area contributed by atoms with Gasteiger partial charge in [-0.1, -0.05) is 0 Å². The molecule has 0 saturated carbocycles. The summed E-state index contributed by atoms with van der Waals surface area (Å²) in [7, 11) is 2.19. The lowest BCUT2D eigenvalue weighted by molar-refractivity contribution is 0.275. The van der Waals surface area contributed by atoms with Gasteiger partial charge in [-0.15, -0.1) is 0 Å². The summed E-state index contributed by atoms with van der Waals surface area (Å²) in [6, 6.07) is 0.715. The van der Waals surface area contributed by atoms with Crippen LogP contribution in [0.1, 0.15) is 13.3 Å². The molecule has 1 rings (SSSR count). The van der Waals surface area contributed by atoms with Crippen LogP contribution in [0.2, 0.25) is 0 Å². The summed E-state index contributed by atoms with van der Waals surface area (Å²) in [5.74, 6) is 0. The molecule has 1 atom stereocenters. The van der Waals surface area contributed by atoms with Gasteiger partial charge in [-0.3, -0.25) is 0 Å². The van der Waals surface area contributed by atoms with Crippen molar-refractivity contribution in [3.05, 3.63) is 0 Å². The molecule has 0 aromatic heterocycles. The van der Waals surface area contributed by atoms with Gasteiger partial charge >= 0.3 is 0 Å². The van der Waals surface area contributed by atoms with E-state index in [9.17, 15) is 0 Å². The zero-order valence-electron chi connectivity index (χ0n) is 6.35. The molecule has 0 radical (unpaired) electrons. The number of likely N-dealkylation sites (N-methyl/N-ethyl adjacent to an activating group) is 1. The third-order valence-corrected chi connectivity index (χ3v) is 2.06. The first-order valence-electron chi connectivity index (χ1n) is 3.71. The molecule has 1 heterocycles. The van der Waals surface area contributed by atoms with E-state index in [1.807, 2.05) is 0 Å². The van der Waals surface area contributed by atoms with Crippen molar-refractivity contribution < 1.29 is 0 Å². The number of nitrogens with zero attached hydrogens (tertiary/aromatic N) is 1. The summed E-state index contributed by atoms with van der Waals surface area (Å²) in [6.07, 6.45) is 1.29. The first-order chi connectivity index (χ1) is 4.30. The molecule has 0 bridgehead atoms. The van der Waals surface area contributed by atoms with Crippen LogP contribution >= 0.6 is 0 Å². The van der Waals surface area contributed by atoms with Crippen LogP contribution in [0.25, 0.3) is 0 Å². The molecule has 9 heavy (non-hydrogen) atoms. The Balaban J connectivity index is 2.32. The third-order valence-electron chi connectivity index (χ3n) is 2.06. The van der Waals surface area contributed by atoms with Crippen molar-refractivity contribution >= 4 is 0 Å². The molecular weight excluding hydrogens is 112 g/mol. The fourth-order valence-corrected chi connectivity index (χ4v) is 1.14. The molecular formula is C7H16N2. The van der Waals surface area contributed by atoms with Gasteiger partial charge in [0.2, 0.25) is 0 Å². The first-order valence-corrected chi connectivity index (χ1v) is 3.71. The predicted octanol–water partition coefficient (Wildman–Crippen LogP) is 0.300. The van der Waals surface area contributed by atoms with Crippen molar-refractivity contribution in [3.63, 3.8) is 0 Å². The highest BCUT2D eigenvalue weighted by Crippen LogP contribution is 1.98. The minimum atomic E-state index is 0.715. The summed E-state index contributed by atoms with van der Waals surface area (Å²) in [5.41, 5.74) is 0. The Labute approximate surface area is 57.2 Å². The molecule has 0 spiro atoms. The summed E-state index contributed by atoms with van der Waals surface area (Å²) < 4.78 is 0. The van der Waals surface area contributed by atoms with Crippen molar-refractivity contribution in [3.8, 4) is 0 Å². The number of hydrogen-bond acceptors (Lipinski definition) is 2. The van der Waals surface area contributed by atoms with Crippen LogP contribution in [0.15, 0.2) is 0 Å². The molecule has 0 amide bonds. The predicted molar refractivity (Wildman–Crippen MR) is 39.6 cm³/mol. The summed E-state index contributed by atoms with van der Waals surface area (Å²) in [5, 5.41) is 3.39. The van der Waals surface area contributed by atoms with Gasteiger partial charge in [-0.05, 0) is 33.5 Å². The minimum Gasteiger partial charge on any atom is -0.315 e. The Morgan fingerprint density at radius 3 is 3.11 bits per heavy atom.